The Kier molecular flexibility index (Phi) is 2.78. The molecule has 0 radical (unpaired) electrons. The van der Waals surface area contributed by atoms with E-state index in [9.17, 15) is 4.79 Å². The molecule has 1 amide bonds. The Labute approximate surface area is 94.5 Å². The zero-order valence-electron chi connectivity index (χ0n) is 9.10. The average molecular weight is 215 g/mol. The van der Waals surface area contributed by atoms with E-state index in [1.54, 1.807) is 6.07 Å². The van der Waals surface area contributed by atoms with E-state index in [0.717, 1.165) is 12.2 Å². The molecule has 1 heterocycles. The van der Waals surface area contributed by atoms with Crippen molar-refractivity contribution in [3.63, 3.8) is 0 Å². The second kappa shape index (κ2) is 4.23. The molecule has 1 aliphatic heterocycles. The molecule has 82 valence electrons. The molecule has 2 rings (SSSR count). The van der Waals surface area contributed by atoms with Crippen LogP contribution in [0.25, 0.3) is 0 Å². The van der Waals surface area contributed by atoms with Gasteiger partial charge in [-0.1, -0.05) is 6.07 Å². The third kappa shape index (κ3) is 1.84. The first-order valence-corrected chi connectivity index (χ1v) is 5.27. The minimum atomic E-state index is -0.178. The molecular formula is C12H13N3O. The van der Waals surface area contributed by atoms with E-state index in [4.69, 9.17) is 5.26 Å². The minimum Gasteiger partial charge on any atom is -0.358 e. The lowest BCUT2D eigenvalue weighted by atomic mass is 10.1. The molecule has 1 unspecified atom stereocenters. The number of piperazine rings is 1. The number of amides is 1. The summed E-state index contributed by atoms with van der Waals surface area (Å²) in [6, 6.07) is 9.27. The van der Waals surface area contributed by atoms with Crippen LogP contribution < -0.4 is 10.2 Å². The standard InChI is InChI=1S/C12H13N3O/c1-9-12(16)14-5-6-15(9)11-4-2-3-10(7-11)8-13/h2-4,7,9H,5-6H2,1H3,(H,14,16). The summed E-state index contributed by atoms with van der Waals surface area (Å²) in [5.41, 5.74) is 1.55. The first-order valence-electron chi connectivity index (χ1n) is 5.27. The molecule has 16 heavy (non-hydrogen) atoms. The number of rotatable bonds is 1. The molecule has 4 nitrogen and oxygen atoms in total. The molecule has 0 aliphatic carbocycles. The van der Waals surface area contributed by atoms with E-state index in [1.807, 2.05) is 30.0 Å². The molecule has 1 N–H and O–H groups in total. The van der Waals surface area contributed by atoms with Crippen molar-refractivity contribution in [3.8, 4) is 6.07 Å². The predicted molar refractivity (Wildman–Crippen MR) is 61.0 cm³/mol. The van der Waals surface area contributed by atoms with Crippen LogP contribution in [0, 0.1) is 11.3 Å². The van der Waals surface area contributed by atoms with Crippen molar-refractivity contribution < 1.29 is 4.79 Å². The maximum Gasteiger partial charge on any atom is 0.242 e. The Morgan fingerprint density at radius 3 is 3.12 bits per heavy atom. The number of hydrogen-bond donors (Lipinski definition) is 1. The third-order valence-corrected chi connectivity index (χ3v) is 2.81. The van der Waals surface area contributed by atoms with Gasteiger partial charge in [0.2, 0.25) is 5.91 Å². The van der Waals surface area contributed by atoms with Gasteiger partial charge in [-0.15, -0.1) is 0 Å². The highest BCUT2D eigenvalue weighted by Gasteiger charge is 2.25. The van der Waals surface area contributed by atoms with Crippen molar-refractivity contribution in [2.24, 2.45) is 0 Å². The van der Waals surface area contributed by atoms with E-state index >= 15 is 0 Å². The van der Waals surface area contributed by atoms with Crippen LogP contribution in [0.5, 0.6) is 0 Å². The highest BCUT2D eigenvalue weighted by atomic mass is 16.2. The van der Waals surface area contributed by atoms with E-state index in [2.05, 4.69) is 11.4 Å². The lowest BCUT2D eigenvalue weighted by molar-refractivity contribution is -0.122. The monoisotopic (exact) mass is 215 g/mol. The van der Waals surface area contributed by atoms with Crippen LogP contribution in [0.15, 0.2) is 24.3 Å². The lowest BCUT2D eigenvalue weighted by Crippen LogP contribution is -2.54. The van der Waals surface area contributed by atoms with Gasteiger partial charge in [0.15, 0.2) is 0 Å². The van der Waals surface area contributed by atoms with Gasteiger partial charge in [-0.2, -0.15) is 5.26 Å². The van der Waals surface area contributed by atoms with Crippen LogP contribution in [-0.4, -0.2) is 25.0 Å². The molecule has 1 aliphatic rings. The van der Waals surface area contributed by atoms with Crippen molar-refractivity contribution in [1.29, 1.82) is 5.26 Å². The van der Waals surface area contributed by atoms with Gasteiger partial charge in [-0.25, -0.2) is 0 Å². The van der Waals surface area contributed by atoms with Crippen LogP contribution in [0.1, 0.15) is 12.5 Å². The number of anilines is 1. The maximum absolute atomic E-state index is 11.5. The second-order valence-electron chi connectivity index (χ2n) is 3.82. The summed E-state index contributed by atoms with van der Waals surface area (Å²) >= 11 is 0. The zero-order chi connectivity index (χ0) is 11.5. The molecule has 1 aromatic carbocycles. The highest BCUT2D eigenvalue weighted by molar-refractivity contribution is 5.86. The molecular weight excluding hydrogens is 202 g/mol. The van der Waals surface area contributed by atoms with Gasteiger partial charge in [0.25, 0.3) is 0 Å². The number of nitrogens with one attached hydrogen (secondary N) is 1. The SMILES string of the molecule is CC1C(=O)NCCN1c1cccc(C#N)c1. The molecule has 4 heteroatoms. The fourth-order valence-electron chi connectivity index (χ4n) is 1.89. The first kappa shape index (κ1) is 10.5. The fraction of sp³-hybridized carbons (Fsp3) is 0.333. The second-order valence-corrected chi connectivity index (χ2v) is 3.82. The fourth-order valence-corrected chi connectivity index (χ4v) is 1.89. The van der Waals surface area contributed by atoms with Crippen LogP contribution >= 0.6 is 0 Å². The summed E-state index contributed by atoms with van der Waals surface area (Å²) in [7, 11) is 0. The van der Waals surface area contributed by atoms with Gasteiger partial charge in [0.05, 0.1) is 11.6 Å². The molecule has 1 fully saturated rings. The Morgan fingerprint density at radius 1 is 1.56 bits per heavy atom. The molecule has 1 atom stereocenters. The van der Waals surface area contributed by atoms with Gasteiger partial charge in [0, 0.05) is 18.8 Å². The summed E-state index contributed by atoms with van der Waals surface area (Å²) in [6.45, 7) is 3.30. The first-order chi connectivity index (χ1) is 7.72. The quantitative estimate of drug-likeness (QED) is 0.756. The van der Waals surface area contributed by atoms with Gasteiger partial charge in [0.1, 0.15) is 6.04 Å². The number of hydrogen-bond acceptors (Lipinski definition) is 3. The van der Waals surface area contributed by atoms with Gasteiger partial charge >= 0.3 is 0 Å². The predicted octanol–water partition coefficient (Wildman–Crippen LogP) is 0.883. The molecule has 1 aromatic rings. The molecule has 0 saturated carbocycles. The molecule has 0 aromatic heterocycles. The average Bonchev–Trinajstić information content (AvgIpc) is 2.33. The van der Waals surface area contributed by atoms with Crippen molar-refractivity contribution in [1.82, 2.24) is 5.32 Å². The normalized spacial score (nSPS) is 20.1. The van der Waals surface area contributed by atoms with Crippen LogP contribution in [0.4, 0.5) is 5.69 Å². The highest BCUT2D eigenvalue weighted by Crippen LogP contribution is 2.19. The van der Waals surface area contributed by atoms with Crippen LogP contribution in [0.3, 0.4) is 0 Å². The minimum absolute atomic E-state index is 0.0358. The van der Waals surface area contributed by atoms with Crippen molar-refractivity contribution in [2.45, 2.75) is 13.0 Å². The van der Waals surface area contributed by atoms with Gasteiger partial charge < -0.3 is 10.2 Å². The summed E-state index contributed by atoms with van der Waals surface area (Å²) in [6.07, 6.45) is 0. The Hall–Kier alpha value is -2.02. The molecule has 0 spiro atoms. The van der Waals surface area contributed by atoms with Gasteiger partial charge in [-0.05, 0) is 25.1 Å². The third-order valence-electron chi connectivity index (χ3n) is 2.81. The van der Waals surface area contributed by atoms with E-state index in [0.29, 0.717) is 12.1 Å². The largest absolute Gasteiger partial charge is 0.358 e. The Morgan fingerprint density at radius 2 is 2.38 bits per heavy atom. The number of carbonyl (C=O) groups is 1. The Bertz CT molecular complexity index is 450. The van der Waals surface area contributed by atoms with Crippen LogP contribution in [-0.2, 0) is 4.79 Å². The number of benzene rings is 1. The summed E-state index contributed by atoms with van der Waals surface area (Å²) in [4.78, 5) is 13.5. The molecule has 0 bridgehead atoms. The smallest absolute Gasteiger partial charge is 0.242 e. The van der Waals surface area contributed by atoms with Crippen molar-refractivity contribution in [3.05, 3.63) is 29.8 Å². The summed E-state index contributed by atoms with van der Waals surface area (Å²) in [5.74, 6) is 0.0358. The van der Waals surface area contributed by atoms with Crippen LogP contribution in [0.2, 0.25) is 0 Å². The van der Waals surface area contributed by atoms with Crippen molar-refractivity contribution in [2.75, 3.05) is 18.0 Å². The molecule has 1 saturated heterocycles. The van der Waals surface area contributed by atoms with E-state index in [1.165, 1.54) is 0 Å². The zero-order valence-corrected chi connectivity index (χ0v) is 9.10. The lowest BCUT2D eigenvalue weighted by Gasteiger charge is -2.34. The van der Waals surface area contributed by atoms with E-state index < -0.39 is 0 Å². The maximum atomic E-state index is 11.5. The van der Waals surface area contributed by atoms with Gasteiger partial charge in [-0.3, -0.25) is 4.79 Å². The Balaban J connectivity index is 2.29. The summed E-state index contributed by atoms with van der Waals surface area (Å²) < 4.78 is 0. The number of carbonyl (C=O) groups excluding carboxylic acids is 1. The number of nitrogens with zero attached hydrogens (tertiary/aromatic N) is 2. The van der Waals surface area contributed by atoms with Crippen molar-refractivity contribution >= 4 is 11.6 Å². The number of nitriles is 1. The topological polar surface area (TPSA) is 56.1 Å². The summed E-state index contributed by atoms with van der Waals surface area (Å²) in [5, 5.41) is 11.6. The van der Waals surface area contributed by atoms with E-state index in [-0.39, 0.29) is 11.9 Å².